The molecule has 3 heterocycles. The molecule has 0 bridgehead atoms. The molecule has 12 aromatic carbocycles. The molecule has 0 radical (unpaired) electrons. The first-order chi connectivity index (χ1) is 37.7. The van der Waals surface area contributed by atoms with Crippen molar-refractivity contribution in [3.05, 3.63) is 253 Å². The van der Waals surface area contributed by atoms with Crippen LogP contribution in [-0.2, 0) is 10.8 Å². The topological polar surface area (TPSA) is 23.0 Å². The van der Waals surface area contributed by atoms with Gasteiger partial charge < -0.3 is 13.6 Å². The molecule has 3 aromatic heterocycles. The third kappa shape index (κ3) is 5.60. The number of nitrogens with zero attached hydrogens (tertiary/aromatic N) is 2. The molecule has 0 amide bonds. The standard InChI is InChI=1S/C74H50N2O/c1-73(2)61-27-14-11-23-55(61)70-68(73)59-40-44(32-38-63(59)75(70)46-18-7-5-8-19-46)57-42-58(45-33-39-64-60(41-45)69-71(76(64)47-20-9-6-10-21-47)56-24-12-15-28-62(56)74(69,3)4)52-37-36-50-48(34-30-43-31-35-51(57)67(52)66(43)50)53-25-17-26-54-49-22-13-16-29-65(49)77-72(53)54/h5-42H,1-4H3. The molecule has 0 saturated heterocycles. The minimum Gasteiger partial charge on any atom is -0.455 e. The lowest BCUT2D eigenvalue weighted by molar-refractivity contribution is 0.666. The van der Waals surface area contributed by atoms with Crippen molar-refractivity contribution in [2.24, 2.45) is 0 Å². The van der Waals surface area contributed by atoms with Crippen molar-refractivity contribution in [2.75, 3.05) is 0 Å². The predicted octanol–water partition coefficient (Wildman–Crippen LogP) is 20.0. The van der Waals surface area contributed by atoms with Gasteiger partial charge in [0.05, 0.1) is 22.4 Å². The molecule has 17 rings (SSSR count). The summed E-state index contributed by atoms with van der Waals surface area (Å²) in [5, 5.41) is 12.3. The lowest BCUT2D eigenvalue weighted by atomic mass is 9.80. The van der Waals surface area contributed by atoms with E-state index >= 15 is 0 Å². The largest absolute Gasteiger partial charge is 0.455 e. The Balaban J connectivity index is 0.972. The maximum Gasteiger partial charge on any atom is 0.143 e. The fourth-order valence-corrected chi connectivity index (χ4v) is 14.7. The molecule has 3 nitrogen and oxygen atoms in total. The van der Waals surface area contributed by atoms with Gasteiger partial charge in [-0.15, -0.1) is 0 Å². The van der Waals surface area contributed by atoms with E-state index in [2.05, 4.69) is 267 Å². The van der Waals surface area contributed by atoms with Crippen LogP contribution in [0, 0.1) is 0 Å². The molecule has 0 fully saturated rings. The summed E-state index contributed by atoms with van der Waals surface area (Å²) < 4.78 is 11.8. The smallest absolute Gasteiger partial charge is 0.143 e. The zero-order valence-corrected chi connectivity index (χ0v) is 43.2. The maximum absolute atomic E-state index is 6.74. The number of hydrogen-bond acceptors (Lipinski definition) is 1. The van der Waals surface area contributed by atoms with Crippen LogP contribution in [0.3, 0.4) is 0 Å². The van der Waals surface area contributed by atoms with Gasteiger partial charge in [-0.05, 0) is 143 Å². The van der Waals surface area contributed by atoms with E-state index in [0.29, 0.717) is 0 Å². The van der Waals surface area contributed by atoms with Crippen molar-refractivity contribution in [2.45, 2.75) is 38.5 Å². The summed E-state index contributed by atoms with van der Waals surface area (Å²) in [6.07, 6.45) is 0. The highest BCUT2D eigenvalue weighted by Gasteiger charge is 2.42. The quantitative estimate of drug-likeness (QED) is 0.158. The molecule has 0 aliphatic heterocycles. The Bertz CT molecular complexity index is 4820. The van der Waals surface area contributed by atoms with Crippen molar-refractivity contribution in [3.8, 4) is 67.3 Å². The van der Waals surface area contributed by atoms with Gasteiger partial charge in [0, 0.05) is 60.4 Å². The summed E-state index contributed by atoms with van der Waals surface area (Å²) in [6.45, 7) is 9.65. The zero-order valence-electron chi connectivity index (χ0n) is 43.2. The van der Waals surface area contributed by atoms with Crippen molar-refractivity contribution < 1.29 is 4.42 Å². The van der Waals surface area contributed by atoms with E-state index in [0.717, 1.165) is 27.5 Å². The van der Waals surface area contributed by atoms with E-state index in [9.17, 15) is 0 Å². The number of hydrogen-bond donors (Lipinski definition) is 0. The highest BCUT2D eigenvalue weighted by atomic mass is 16.3. The fourth-order valence-electron chi connectivity index (χ4n) is 14.7. The van der Waals surface area contributed by atoms with E-state index in [1.165, 1.54) is 138 Å². The van der Waals surface area contributed by atoms with Gasteiger partial charge in [0.15, 0.2) is 0 Å². The molecule has 0 saturated carbocycles. The van der Waals surface area contributed by atoms with Gasteiger partial charge in [-0.25, -0.2) is 0 Å². The Morgan fingerprint density at radius 3 is 1.40 bits per heavy atom. The van der Waals surface area contributed by atoms with Gasteiger partial charge in [0.2, 0.25) is 0 Å². The second-order valence-corrected chi connectivity index (χ2v) is 22.7. The predicted molar refractivity (Wildman–Crippen MR) is 323 cm³/mol. The van der Waals surface area contributed by atoms with E-state index in [-0.39, 0.29) is 10.8 Å². The van der Waals surface area contributed by atoms with E-state index < -0.39 is 0 Å². The summed E-state index contributed by atoms with van der Waals surface area (Å²) >= 11 is 0. The first-order valence-corrected chi connectivity index (χ1v) is 27.1. The third-order valence-corrected chi connectivity index (χ3v) is 18.0. The van der Waals surface area contributed by atoms with Crippen LogP contribution < -0.4 is 0 Å². The minimum absolute atomic E-state index is 0.213. The van der Waals surface area contributed by atoms with Gasteiger partial charge in [0.1, 0.15) is 11.2 Å². The number of benzene rings is 12. The first-order valence-electron chi connectivity index (χ1n) is 27.1. The lowest BCUT2D eigenvalue weighted by Gasteiger charge is -2.22. The third-order valence-electron chi connectivity index (χ3n) is 18.0. The van der Waals surface area contributed by atoms with Gasteiger partial charge in [-0.3, -0.25) is 0 Å². The van der Waals surface area contributed by atoms with Gasteiger partial charge >= 0.3 is 0 Å². The molecular formula is C74H50N2O. The van der Waals surface area contributed by atoms with Crippen molar-refractivity contribution in [3.63, 3.8) is 0 Å². The number of rotatable bonds is 5. The van der Waals surface area contributed by atoms with Gasteiger partial charge in [-0.2, -0.15) is 0 Å². The number of fused-ring (bicyclic) bond motifs is 13. The minimum atomic E-state index is -0.213. The Labute approximate surface area is 445 Å². The van der Waals surface area contributed by atoms with E-state index in [1.54, 1.807) is 0 Å². The Hall–Kier alpha value is -9.44. The molecule has 2 aliphatic carbocycles. The van der Waals surface area contributed by atoms with Crippen LogP contribution >= 0.6 is 0 Å². The monoisotopic (exact) mass is 982 g/mol. The van der Waals surface area contributed by atoms with Gasteiger partial charge in [-0.1, -0.05) is 198 Å². The second-order valence-electron chi connectivity index (χ2n) is 22.7. The average Bonchev–Trinajstić information content (AvgIpc) is 4.46. The molecular weight excluding hydrogens is 933 g/mol. The molecule has 3 heteroatoms. The summed E-state index contributed by atoms with van der Waals surface area (Å²) in [5.74, 6) is 0. The Morgan fingerprint density at radius 2 is 0.805 bits per heavy atom. The highest BCUT2D eigenvalue weighted by Crippen LogP contribution is 2.57. The summed E-state index contributed by atoms with van der Waals surface area (Å²) in [4.78, 5) is 0. The number of para-hydroxylation sites is 4. The molecule has 15 aromatic rings. The molecule has 0 spiro atoms. The van der Waals surface area contributed by atoms with E-state index in [4.69, 9.17) is 4.42 Å². The Kier molecular flexibility index (Phi) is 8.42. The highest BCUT2D eigenvalue weighted by molar-refractivity contribution is 6.31. The fraction of sp³-hybridized carbons (Fsp3) is 0.0811. The van der Waals surface area contributed by atoms with Crippen LogP contribution in [0.25, 0.3) is 143 Å². The molecule has 2 aliphatic rings. The van der Waals surface area contributed by atoms with Crippen LogP contribution in [-0.4, -0.2) is 9.13 Å². The van der Waals surface area contributed by atoms with Crippen LogP contribution in [0.1, 0.15) is 49.9 Å². The van der Waals surface area contributed by atoms with Crippen LogP contribution in [0.4, 0.5) is 0 Å². The summed E-state index contributed by atoms with van der Waals surface area (Å²) in [7, 11) is 0. The van der Waals surface area contributed by atoms with E-state index in [1.807, 2.05) is 0 Å². The molecule has 362 valence electrons. The first kappa shape index (κ1) is 42.9. The molecule has 0 atom stereocenters. The SMILES string of the molecule is CC1(C)c2ccccc2-c2c1c1cc(-c3cc(-c4ccc5c(c4)c4c(n5-c5ccccc5)-c5ccccc5C4(C)C)c4ccc5c(-c6cccc7c6oc6ccccc67)ccc6ccc3c4c65)ccc1n2-c1ccccc1. The number of furan rings is 1. The van der Waals surface area contributed by atoms with Crippen molar-refractivity contribution in [1.29, 1.82) is 0 Å². The normalized spacial score (nSPS) is 14.2. The van der Waals surface area contributed by atoms with Crippen molar-refractivity contribution >= 4 is 76.1 Å². The molecule has 0 N–H and O–H groups in total. The average molecular weight is 983 g/mol. The van der Waals surface area contributed by atoms with Crippen LogP contribution in [0.2, 0.25) is 0 Å². The molecule has 77 heavy (non-hydrogen) atoms. The Morgan fingerprint density at radius 1 is 0.325 bits per heavy atom. The summed E-state index contributed by atoms with van der Waals surface area (Å²) in [5.41, 5.74) is 24.0. The summed E-state index contributed by atoms with van der Waals surface area (Å²) in [6, 6.07) is 86.2. The van der Waals surface area contributed by atoms with Crippen LogP contribution in [0.5, 0.6) is 0 Å². The van der Waals surface area contributed by atoms with Gasteiger partial charge in [0.25, 0.3) is 0 Å². The van der Waals surface area contributed by atoms with Crippen molar-refractivity contribution in [1.82, 2.24) is 9.13 Å². The van der Waals surface area contributed by atoms with Crippen LogP contribution in [0.15, 0.2) is 235 Å². The molecule has 0 unspecified atom stereocenters. The number of aromatic nitrogens is 2. The lowest BCUT2D eigenvalue weighted by Crippen LogP contribution is -2.14. The second kappa shape index (κ2) is 15.1. The maximum atomic E-state index is 6.74. The zero-order chi connectivity index (χ0) is 51.1.